The van der Waals surface area contributed by atoms with Crippen molar-refractivity contribution >= 4 is 29.0 Å². The van der Waals surface area contributed by atoms with Crippen LogP contribution >= 0.6 is 12.2 Å². The fourth-order valence-corrected chi connectivity index (χ4v) is 2.42. The summed E-state index contributed by atoms with van der Waals surface area (Å²) >= 11 is 5.43. The van der Waals surface area contributed by atoms with Gasteiger partial charge in [-0.3, -0.25) is 0 Å². The Kier molecular flexibility index (Phi) is 3.04. The van der Waals surface area contributed by atoms with Gasteiger partial charge in [-0.15, -0.1) is 0 Å². The van der Waals surface area contributed by atoms with Crippen molar-refractivity contribution in [2.75, 3.05) is 0 Å². The number of aromatic carboxylic acids is 1. The molecule has 0 saturated heterocycles. The van der Waals surface area contributed by atoms with E-state index in [1.807, 2.05) is 42.5 Å². The fraction of sp³-hybridized carbons (Fsp3) is 0. The van der Waals surface area contributed by atoms with Crippen LogP contribution in [0, 0.1) is 4.64 Å². The highest BCUT2D eigenvalue weighted by Gasteiger charge is 2.14. The Labute approximate surface area is 119 Å². The van der Waals surface area contributed by atoms with Crippen LogP contribution < -0.4 is 0 Å². The molecule has 0 aliphatic heterocycles. The predicted molar refractivity (Wildman–Crippen MR) is 78.9 cm³/mol. The topological polar surface area (TPSA) is 55.1 Å². The van der Waals surface area contributed by atoms with Gasteiger partial charge in [0.2, 0.25) is 0 Å². The lowest BCUT2D eigenvalue weighted by Crippen LogP contribution is -2.11. The van der Waals surface area contributed by atoms with Gasteiger partial charge in [0.25, 0.3) is 0 Å². The Bertz CT molecular complexity index is 857. The molecular weight excluding hydrogens is 272 g/mol. The van der Waals surface area contributed by atoms with Gasteiger partial charge in [0.15, 0.2) is 5.69 Å². The highest BCUT2D eigenvalue weighted by Crippen LogP contribution is 2.20. The van der Waals surface area contributed by atoms with Crippen LogP contribution in [0.3, 0.4) is 0 Å². The lowest BCUT2D eigenvalue weighted by Gasteiger charge is -2.10. The summed E-state index contributed by atoms with van der Waals surface area (Å²) in [6.45, 7) is 0. The molecule has 0 atom stereocenters. The first-order valence-corrected chi connectivity index (χ1v) is 6.40. The van der Waals surface area contributed by atoms with Crippen LogP contribution in [0.4, 0.5) is 0 Å². The average molecular weight is 282 g/mol. The molecule has 98 valence electrons. The maximum absolute atomic E-state index is 11.4. The molecule has 20 heavy (non-hydrogen) atoms. The van der Waals surface area contributed by atoms with E-state index in [2.05, 4.69) is 5.10 Å². The van der Waals surface area contributed by atoms with E-state index in [1.165, 1.54) is 4.68 Å². The molecule has 2 aromatic carbocycles. The SMILES string of the molecule is O=C(O)c1nn(-c2ccccc2)c(=S)c2ccccc12. The highest BCUT2D eigenvalue weighted by molar-refractivity contribution is 7.71. The first kappa shape index (κ1) is 12.5. The first-order valence-electron chi connectivity index (χ1n) is 5.99. The minimum atomic E-state index is -1.07. The first-order chi connectivity index (χ1) is 9.68. The highest BCUT2D eigenvalue weighted by atomic mass is 32.1. The molecule has 0 aliphatic carbocycles. The van der Waals surface area contributed by atoms with E-state index in [4.69, 9.17) is 12.2 Å². The van der Waals surface area contributed by atoms with Gasteiger partial charge in [0.05, 0.1) is 5.69 Å². The Morgan fingerprint density at radius 1 is 1.00 bits per heavy atom. The zero-order chi connectivity index (χ0) is 14.1. The molecule has 5 heteroatoms. The van der Waals surface area contributed by atoms with Crippen molar-refractivity contribution in [3.63, 3.8) is 0 Å². The van der Waals surface area contributed by atoms with E-state index in [1.54, 1.807) is 12.1 Å². The van der Waals surface area contributed by atoms with E-state index in [-0.39, 0.29) is 5.69 Å². The Morgan fingerprint density at radius 2 is 1.60 bits per heavy atom. The number of nitrogens with zero attached hydrogens (tertiary/aromatic N) is 2. The van der Waals surface area contributed by atoms with Crippen LogP contribution in [0.25, 0.3) is 16.5 Å². The van der Waals surface area contributed by atoms with Gasteiger partial charge >= 0.3 is 5.97 Å². The van der Waals surface area contributed by atoms with E-state index in [0.717, 1.165) is 5.69 Å². The monoisotopic (exact) mass is 282 g/mol. The van der Waals surface area contributed by atoms with Gasteiger partial charge in [0, 0.05) is 10.8 Å². The summed E-state index contributed by atoms with van der Waals surface area (Å²) in [5.74, 6) is -1.07. The van der Waals surface area contributed by atoms with Crippen molar-refractivity contribution in [3.8, 4) is 5.69 Å². The average Bonchev–Trinajstić information content (AvgIpc) is 2.48. The van der Waals surface area contributed by atoms with Crippen LogP contribution in [-0.2, 0) is 0 Å². The van der Waals surface area contributed by atoms with Crippen molar-refractivity contribution in [3.05, 3.63) is 64.9 Å². The molecule has 1 aromatic heterocycles. The number of hydrogen-bond acceptors (Lipinski definition) is 3. The van der Waals surface area contributed by atoms with Crippen molar-refractivity contribution < 1.29 is 9.90 Å². The third-order valence-corrected chi connectivity index (χ3v) is 3.40. The van der Waals surface area contributed by atoms with Gasteiger partial charge in [-0.1, -0.05) is 54.7 Å². The summed E-state index contributed by atoms with van der Waals surface area (Å²) in [7, 11) is 0. The normalized spacial score (nSPS) is 10.6. The minimum Gasteiger partial charge on any atom is -0.476 e. The number of rotatable bonds is 2. The smallest absolute Gasteiger partial charge is 0.357 e. The van der Waals surface area contributed by atoms with Crippen molar-refractivity contribution in [1.29, 1.82) is 0 Å². The Balaban J connectivity index is 2.43. The lowest BCUT2D eigenvalue weighted by atomic mass is 10.1. The lowest BCUT2D eigenvalue weighted by molar-refractivity contribution is 0.0691. The van der Waals surface area contributed by atoms with Crippen LogP contribution in [0.2, 0.25) is 0 Å². The Hall–Kier alpha value is -2.53. The Morgan fingerprint density at radius 3 is 2.25 bits per heavy atom. The van der Waals surface area contributed by atoms with Gasteiger partial charge in [-0.25, -0.2) is 9.48 Å². The molecule has 1 N–H and O–H groups in total. The number of carboxylic acids is 1. The van der Waals surface area contributed by atoms with Crippen LogP contribution in [0.15, 0.2) is 54.6 Å². The standard InChI is InChI=1S/C15H10N2O2S/c18-15(19)13-11-8-4-5-9-12(11)14(20)17(16-13)10-6-2-1-3-7-10/h1-9H,(H,18,19). The van der Waals surface area contributed by atoms with Crippen LogP contribution in [-0.4, -0.2) is 20.9 Å². The van der Waals surface area contributed by atoms with Gasteiger partial charge in [0.1, 0.15) is 4.64 Å². The van der Waals surface area contributed by atoms with Gasteiger partial charge in [-0.2, -0.15) is 5.10 Å². The van der Waals surface area contributed by atoms with Crippen molar-refractivity contribution in [2.24, 2.45) is 0 Å². The van der Waals surface area contributed by atoms with Crippen molar-refractivity contribution in [2.45, 2.75) is 0 Å². The van der Waals surface area contributed by atoms with Gasteiger partial charge in [-0.05, 0) is 12.1 Å². The molecular formula is C15H10N2O2S. The number of aromatic nitrogens is 2. The summed E-state index contributed by atoms with van der Waals surface area (Å²) in [6, 6.07) is 16.4. The third-order valence-electron chi connectivity index (χ3n) is 3.01. The molecule has 4 nitrogen and oxygen atoms in total. The number of fused-ring (bicyclic) bond motifs is 1. The number of para-hydroxylation sites is 1. The van der Waals surface area contributed by atoms with E-state index >= 15 is 0 Å². The second-order valence-electron chi connectivity index (χ2n) is 4.25. The van der Waals surface area contributed by atoms with Crippen LogP contribution in [0.5, 0.6) is 0 Å². The molecule has 0 unspecified atom stereocenters. The summed E-state index contributed by atoms with van der Waals surface area (Å²) in [5, 5.41) is 14.8. The third kappa shape index (κ3) is 1.98. The summed E-state index contributed by atoms with van der Waals surface area (Å²) in [5.41, 5.74) is 0.740. The van der Waals surface area contributed by atoms with E-state index < -0.39 is 5.97 Å². The molecule has 0 fully saturated rings. The number of carbonyl (C=O) groups is 1. The van der Waals surface area contributed by atoms with E-state index in [0.29, 0.717) is 15.4 Å². The summed E-state index contributed by atoms with van der Waals surface area (Å²) in [6.07, 6.45) is 0. The summed E-state index contributed by atoms with van der Waals surface area (Å²) < 4.78 is 1.98. The second kappa shape index (κ2) is 4.86. The molecule has 3 rings (SSSR count). The largest absolute Gasteiger partial charge is 0.476 e. The molecule has 0 amide bonds. The molecule has 1 heterocycles. The molecule has 0 saturated carbocycles. The number of carboxylic acid groups (broad SMARTS) is 1. The molecule has 0 bridgehead atoms. The molecule has 0 radical (unpaired) electrons. The fourth-order valence-electron chi connectivity index (χ4n) is 2.09. The second-order valence-corrected chi connectivity index (χ2v) is 4.64. The minimum absolute atomic E-state index is 0.00180. The maximum Gasteiger partial charge on any atom is 0.357 e. The van der Waals surface area contributed by atoms with Crippen LogP contribution in [0.1, 0.15) is 10.5 Å². The molecule has 0 spiro atoms. The van der Waals surface area contributed by atoms with Crippen molar-refractivity contribution in [1.82, 2.24) is 9.78 Å². The zero-order valence-corrected chi connectivity index (χ0v) is 11.2. The summed E-state index contributed by atoms with van der Waals surface area (Å²) in [4.78, 5) is 11.4. The molecule has 0 aliphatic rings. The quantitative estimate of drug-likeness (QED) is 0.731. The maximum atomic E-state index is 11.4. The van der Waals surface area contributed by atoms with E-state index in [9.17, 15) is 9.90 Å². The van der Waals surface area contributed by atoms with Gasteiger partial charge < -0.3 is 5.11 Å². The zero-order valence-electron chi connectivity index (χ0n) is 10.4. The number of hydrogen-bond donors (Lipinski definition) is 1. The predicted octanol–water partition coefficient (Wildman–Crippen LogP) is 3.45. The molecule has 3 aromatic rings. The number of benzene rings is 2.